The van der Waals surface area contributed by atoms with Gasteiger partial charge in [0, 0.05) is 13.1 Å². The molecule has 9 heteroatoms. The van der Waals surface area contributed by atoms with Crippen molar-refractivity contribution < 1.29 is 22.9 Å². The molecule has 2 amide bonds. The smallest absolute Gasteiger partial charge is 0.257 e. The van der Waals surface area contributed by atoms with E-state index in [-0.39, 0.29) is 28.0 Å². The maximum atomic E-state index is 13.7. The van der Waals surface area contributed by atoms with Gasteiger partial charge in [-0.15, -0.1) is 0 Å². The predicted octanol–water partition coefficient (Wildman–Crippen LogP) is 6.19. The summed E-state index contributed by atoms with van der Waals surface area (Å²) in [5.41, 5.74) is 0.429. The Balaban J connectivity index is 2.51. The average molecular weight is 539 g/mol. The average Bonchev–Trinajstić information content (AvgIpc) is 3.37. The molecule has 1 N–H and O–H groups in total. The molecule has 0 radical (unpaired) electrons. The summed E-state index contributed by atoms with van der Waals surface area (Å²) in [6, 6.07) is 0.877. The van der Waals surface area contributed by atoms with E-state index in [4.69, 9.17) is 13.3 Å². The molecule has 1 aromatic heterocycles. The molecule has 1 aliphatic heterocycles. The molecule has 0 aliphatic carbocycles. The summed E-state index contributed by atoms with van der Waals surface area (Å²) in [5.74, 6) is -0.407. The van der Waals surface area contributed by atoms with Crippen molar-refractivity contribution in [2.75, 3.05) is 13.1 Å². The van der Waals surface area contributed by atoms with Crippen LogP contribution >= 0.6 is 0 Å². The van der Waals surface area contributed by atoms with Crippen LogP contribution in [0.5, 0.6) is 0 Å². The molecule has 1 aliphatic rings. The highest BCUT2D eigenvalue weighted by molar-refractivity contribution is 6.74. The predicted molar refractivity (Wildman–Crippen MR) is 150 cm³/mol. The Labute approximate surface area is 220 Å². The zero-order chi connectivity index (χ0) is 27.5. The molecule has 0 aromatic carbocycles. The van der Waals surface area contributed by atoms with Gasteiger partial charge in [-0.3, -0.25) is 9.59 Å². The van der Waals surface area contributed by atoms with E-state index in [1.807, 2.05) is 0 Å². The molecule has 2 rings (SSSR count). The Bertz CT molecular complexity index is 872. The molecule has 2 heterocycles. The molecule has 3 atom stereocenters. The molecule has 7 nitrogen and oxygen atoms in total. The van der Waals surface area contributed by atoms with Gasteiger partial charge in [0.05, 0.1) is 17.9 Å². The summed E-state index contributed by atoms with van der Waals surface area (Å²) in [5, 5.41) is 3.02. The Morgan fingerprint density at radius 3 is 2.11 bits per heavy atom. The standard InChI is InChI=1S/C27H50N2O5Si2/c1-12-13-14-16-28-24(30)22-23(34-36(10,11)27(5,6)7)21(33-35(8,9)26(2,3)4)18-29(22)25(31)20-15-17-32-19-20/h15,17,19,21-23H,12-14,16,18H2,1-11H3,(H,28,30)/t21-,22?,23+/m0/s1. The van der Waals surface area contributed by atoms with Crippen molar-refractivity contribution in [2.45, 2.75) is 122 Å². The van der Waals surface area contributed by atoms with E-state index >= 15 is 0 Å². The van der Waals surface area contributed by atoms with E-state index < -0.39 is 28.8 Å². The summed E-state index contributed by atoms with van der Waals surface area (Å²) in [7, 11) is -4.51. The minimum absolute atomic E-state index is 0.0194. The molecule has 1 saturated heterocycles. The van der Waals surface area contributed by atoms with E-state index in [0.717, 1.165) is 19.3 Å². The fraction of sp³-hybridized carbons (Fsp3) is 0.778. The van der Waals surface area contributed by atoms with Gasteiger partial charge >= 0.3 is 0 Å². The number of unbranched alkanes of at least 4 members (excludes halogenated alkanes) is 2. The lowest BCUT2D eigenvalue weighted by molar-refractivity contribution is -0.127. The highest BCUT2D eigenvalue weighted by atomic mass is 28.4. The van der Waals surface area contributed by atoms with Crippen LogP contribution in [0.4, 0.5) is 0 Å². The summed E-state index contributed by atoms with van der Waals surface area (Å²) < 4.78 is 19.0. The largest absolute Gasteiger partial charge is 0.472 e. The molecular formula is C27H50N2O5Si2. The first-order valence-corrected chi connectivity index (χ1v) is 19.2. The minimum atomic E-state index is -2.30. The topological polar surface area (TPSA) is 81.0 Å². The molecule has 1 unspecified atom stereocenters. The van der Waals surface area contributed by atoms with Gasteiger partial charge in [0.2, 0.25) is 5.91 Å². The Morgan fingerprint density at radius 1 is 1.03 bits per heavy atom. The SMILES string of the molecule is CCCCCNC(=O)C1[C@H](O[Si](C)(C)C(C)(C)C)[C@@H](O[Si](C)(C)C(C)(C)C)CN1C(=O)c1ccoc1. The molecule has 0 bridgehead atoms. The number of furan rings is 1. The second-order valence-corrected chi connectivity index (χ2v) is 22.7. The maximum Gasteiger partial charge on any atom is 0.257 e. The van der Waals surface area contributed by atoms with Gasteiger partial charge in [0.15, 0.2) is 16.6 Å². The maximum absolute atomic E-state index is 13.7. The van der Waals surface area contributed by atoms with Crippen LogP contribution in [0.15, 0.2) is 23.0 Å². The van der Waals surface area contributed by atoms with E-state index in [2.05, 4.69) is 80.0 Å². The number of carbonyl (C=O) groups excluding carboxylic acids is 2. The Morgan fingerprint density at radius 2 is 1.61 bits per heavy atom. The third kappa shape index (κ3) is 7.11. The third-order valence-electron chi connectivity index (χ3n) is 8.26. The lowest BCUT2D eigenvalue weighted by Gasteiger charge is -2.43. The number of rotatable bonds is 10. The Kier molecular flexibility index (Phi) is 9.87. The normalized spacial score (nSPS) is 21.6. The van der Waals surface area contributed by atoms with Crippen LogP contribution in [0.25, 0.3) is 0 Å². The first-order valence-electron chi connectivity index (χ1n) is 13.4. The zero-order valence-corrected chi connectivity index (χ0v) is 26.5. The van der Waals surface area contributed by atoms with Crippen LogP contribution in [-0.2, 0) is 13.6 Å². The lowest BCUT2D eigenvalue weighted by atomic mass is 10.1. The summed E-state index contributed by atoms with van der Waals surface area (Å²) in [4.78, 5) is 29.0. The third-order valence-corrected chi connectivity index (χ3v) is 17.2. The van der Waals surface area contributed by atoms with Gasteiger partial charge in [-0.05, 0) is 48.8 Å². The van der Waals surface area contributed by atoms with Gasteiger partial charge < -0.3 is 23.5 Å². The molecule has 0 spiro atoms. The molecule has 36 heavy (non-hydrogen) atoms. The first kappa shape index (κ1) is 30.8. The van der Waals surface area contributed by atoms with Crippen molar-refractivity contribution >= 4 is 28.4 Å². The van der Waals surface area contributed by atoms with E-state index in [1.54, 1.807) is 11.0 Å². The van der Waals surface area contributed by atoms with Crippen molar-refractivity contribution in [3.63, 3.8) is 0 Å². The number of amides is 2. The van der Waals surface area contributed by atoms with Gasteiger partial charge in [0.25, 0.3) is 5.91 Å². The molecule has 1 aromatic rings. The van der Waals surface area contributed by atoms with Gasteiger partial charge in [-0.2, -0.15) is 0 Å². The van der Waals surface area contributed by atoms with Crippen LogP contribution in [0, 0.1) is 0 Å². The number of hydrogen-bond donors (Lipinski definition) is 1. The number of carbonyl (C=O) groups is 2. The highest BCUT2D eigenvalue weighted by Crippen LogP contribution is 2.43. The van der Waals surface area contributed by atoms with Crippen LogP contribution in [0.1, 0.15) is 78.1 Å². The summed E-state index contributed by atoms with van der Waals surface area (Å²) in [6.45, 7) is 25.0. The summed E-state index contributed by atoms with van der Waals surface area (Å²) in [6.07, 6.45) is 5.01. The second-order valence-electron chi connectivity index (χ2n) is 13.2. The van der Waals surface area contributed by atoms with Gasteiger partial charge in [-0.25, -0.2) is 0 Å². The second kappa shape index (κ2) is 11.5. The monoisotopic (exact) mass is 538 g/mol. The van der Waals surface area contributed by atoms with Crippen molar-refractivity contribution in [3.8, 4) is 0 Å². The number of likely N-dealkylation sites (tertiary alicyclic amines) is 1. The molecule has 1 fully saturated rings. The number of nitrogens with one attached hydrogen (secondary N) is 1. The van der Waals surface area contributed by atoms with Crippen LogP contribution < -0.4 is 5.32 Å². The minimum Gasteiger partial charge on any atom is -0.472 e. The van der Waals surface area contributed by atoms with E-state index in [0.29, 0.717) is 18.7 Å². The fourth-order valence-electron chi connectivity index (χ4n) is 3.85. The lowest BCUT2D eigenvalue weighted by Crippen LogP contribution is -2.56. The van der Waals surface area contributed by atoms with Crippen LogP contribution in [-0.4, -0.2) is 64.7 Å². The van der Waals surface area contributed by atoms with Crippen molar-refractivity contribution in [1.29, 1.82) is 0 Å². The van der Waals surface area contributed by atoms with Crippen LogP contribution in [0.3, 0.4) is 0 Å². The van der Waals surface area contributed by atoms with E-state index in [9.17, 15) is 9.59 Å². The molecular weight excluding hydrogens is 488 g/mol. The first-order chi connectivity index (χ1) is 16.4. The van der Waals surface area contributed by atoms with Crippen LogP contribution in [0.2, 0.25) is 36.3 Å². The summed E-state index contributed by atoms with van der Waals surface area (Å²) >= 11 is 0. The van der Waals surface area contributed by atoms with Crippen molar-refractivity contribution in [2.24, 2.45) is 0 Å². The highest BCUT2D eigenvalue weighted by Gasteiger charge is 2.55. The van der Waals surface area contributed by atoms with Gasteiger partial charge in [0.1, 0.15) is 18.4 Å². The molecule has 206 valence electrons. The fourth-order valence-corrected chi connectivity index (χ4v) is 6.49. The van der Waals surface area contributed by atoms with Gasteiger partial charge in [-0.1, -0.05) is 61.3 Å². The number of hydrogen-bond acceptors (Lipinski definition) is 5. The molecule has 0 saturated carbocycles. The van der Waals surface area contributed by atoms with E-state index in [1.165, 1.54) is 12.5 Å². The zero-order valence-electron chi connectivity index (χ0n) is 24.5. The van der Waals surface area contributed by atoms with Crippen molar-refractivity contribution in [3.05, 3.63) is 24.2 Å². The Hall–Kier alpha value is -1.43. The van der Waals surface area contributed by atoms with Crippen molar-refractivity contribution in [1.82, 2.24) is 10.2 Å². The number of nitrogens with zero attached hydrogens (tertiary/aromatic N) is 1. The quantitative estimate of drug-likeness (QED) is 0.284.